The van der Waals surface area contributed by atoms with Crippen molar-refractivity contribution in [2.24, 2.45) is 0 Å². The molecule has 3 N–H and O–H groups in total. The molecule has 0 bridgehead atoms. The van der Waals surface area contributed by atoms with Gasteiger partial charge >= 0.3 is 12.0 Å². The molecule has 86 valence electrons. The highest BCUT2D eigenvalue weighted by atomic mass is 16.5. The predicted octanol–water partition coefficient (Wildman–Crippen LogP) is -0.0623. The van der Waals surface area contributed by atoms with Crippen LogP contribution in [0.1, 0.15) is 19.8 Å². The van der Waals surface area contributed by atoms with Crippen molar-refractivity contribution in [3.8, 4) is 0 Å². The third-order valence-electron chi connectivity index (χ3n) is 2.32. The Labute approximate surface area is 88.0 Å². The van der Waals surface area contributed by atoms with Crippen LogP contribution in [-0.4, -0.2) is 42.4 Å². The molecule has 0 radical (unpaired) electrons. The first-order chi connectivity index (χ1) is 7.09. The molecule has 6 heteroatoms. The van der Waals surface area contributed by atoms with Crippen molar-refractivity contribution in [3.63, 3.8) is 0 Å². The number of ether oxygens (including phenoxy) is 1. The highest BCUT2D eigenvalue weighted by Gasteiger charge is 2.25. The van der Waals surface area contributed by atoms with Gasteiger partial charge in [-0.1, -0.05) is 0 Å². The molecule has 0 aromatic heterocycles. The van der Waals surface area contributed by atoms with Crippen LogP contribution in [0, 0.1) is 0 Å². The molecule has 0 saturated carbocycles. The smallest absolute Gasteiger partial charge is 0.315 e. The van der Waals surface area contributed by atoms with Crippen LogP contribution in [0.2, 0.25) is 0 Å². The Morgan fingerprint density at radius 2 is 2.27 bits per heavy atom. The van der Waals surface area contributed by atoms with Gasteiger partial charge in [0.15, 0.2) is 0 Å². The van der Waals surface area contributed by atoms with E-state index in [0.717, 1.165) is 6.42 Å². The number of carbonyl (C=O) groups excluding carboxylic acids is 1. The number of nitrogens with one attached hydrogen (secondary N) is 2. The fourth-order valence-corrected chi connectivity index (χ4v) is 1.42. The zero-order valence-electron chi connectivity index (χ0n) is 8.66. The maximum Gasteiger partial charge on any atom is 0.315 e. The monoisotopic (exact) mass is 216 g/mol. The Bertz CT molecular complexity index is 244. The van der Waals surface area contributed by atoms with Crippen molar-refractivity contribution in [1.29, 1.82) is 0 Å². The van der Waals surface area contributed by atoms with E-state index in [4.69, 9.17) is 9.84 Å². The molecule has 2 atom stereocenters. The van der Waals surface area contributed by atoms with Crippen LogP contribution in [0.3, 0.4) is 0 Å². The van der Waals surface area contributed by atoms with Crippen LogP contribution in [0.25, 0.3) is 0 Å². The van der Waals surface area contributed by atoms with Crippen molar-refractivity contribution in [1.82, 2.24) is 10.6 Å². The van der Waals surface area contributed by atoms with Gasteiger partial charge < -0.3 is 20.5 Å². The fourth-order valence-electron chi connectivity index (χ4n) is 1.42. The Kier molecular flexibility index (Phi) is 4.36. The van der Waals surface area contributed by atoms with Gasteiger partial charge in [0.1, 0.15) is 0 Å². The summed E-state index contributed by atoms with van der Waals surface area (Å²) in [6.45, 7) is 2.69. The van der Waals surface area contributed by atoms with Crippen LogP contribution in [0.15, 0.2) is 0 Å². The van der Waals surface area contributed by atoms with Gasteiger partial charge in [0.25, 0.3) is 0 Å². The number of carboxylic acid groups (broad SMARTS) is 1. The van der Waals surface area contributed by atoms with Crippen molar-refractivity contribution in [3.05, 3.63) is 0 Å². The number of aliphatic carboxylic acids is 1. The molecule has 1 aliphatic heterocycles. The first-order valence-corrected chi connectivity index (χ1v) is 4.97. The molecule has 6 nitrogen and oxygen atoms in total. The van der Waals surface area contributed by atoms with Crippen LogP contribution >= 0.6 is 0 Å². The summed E-state index contributed by atoms with van der Waals surface area (Å²) in [4.78, 5) is 21.4. The van der Waals surface area contributed by atoms with Crippen LogP contribution < -0.4 is 10.6 Å². The van der Waals surface area contributed by atoms with Crippen LogP contribution in [0.5, 0.6) is 0 Å². The number of carboxylic acids is 1. The number of hydrogen-bond donors (Lipinski definition) is 3. The molecule has 0 aliphatic carbocycles. The predicted molar refractivity (Wildman–Crippen MR) is 52.6 cm³/mol. The Morgan fingerprint density at radius 3 is 2.80 bits per heavy atom. The van der Waals surface area contributed by atoms with E-state index in [1.54, 1.807) is 0 Å². The molecule has 2 unspecified atom stereocenters. The van der Waals surface area contributed by atoms with Gasteiger partial charge in [0.05, 0.1) is 18.6 Å². The van der Waals surface area contributed by atoms with Crippen molar-refractivity contribution in [2.45, 2.75) is 31.9 Å². The summed E-state index contributed by atoms with van der Waals surface area (Å²) in [5, 5.41) is 13.6. The second kappa shape index (κ2) is 5.55. The van der Waals surface area contributed by atoms with E-state index in [9.17, 15) is 9.59 Å². The molecular weight excluding hydrogens is 200 g/mol. The van der Waals surface area contributed by atoms with Gasteiger partial charge in [-0.2, -0.15) is 0 Å². The van der Waals surface area contributed by atoms with E-state index < -0.39 is 5.97 Å². The number of urea groups is 1. The molecule has 1 aliphatic rings. The number of carbonyl (C=O) groups is 2. The SMILES string of the molecule is CC1OCCC1NC(=O)NCCC(=O)O. The standard InChI is InChI=1S/C9H16N2O4/c1-6-7(3-5-15-6)11-9(14)10-4-2-8(12)13/h6-7H,2-5H2,1H3,(H,12,13)(H2,10,11,14). The zero-order valence-corrected chi connectivity index (χ0v) is 8.66. The zero-order chi connectivity index (χ0) is 11.3. The number of rotatable bonds is 4. The van der Waals surface area contributed by atoms with Crippen molar-refractivity contribution < 1.29 is 19.4 Å². The lowest BCUT2D eigenvalue weighted by atomic mass is 10.2. The molecule has 0 aromatic carbocycles. The lowest BCUT2D eigenvalue weighted by Crippen LogP contribution is -2.45. The summed E-state index contributed by atoms with van der Waals surface area (Å²) < 4.78 is 5.27. The molecule has 0 spiro atoms. The van der Waals surface area contributed by atoms with Gasteiger partial charge in [0.2, 0.25) is 0 Å². The van der Waals surface area contributed by atoms with E-state index in [-0.39, 0.29) is 31.1 Å². The number of amides is 2. The second-order valence-corrected chi connectivity index (χ2v) is 3.52. The minimum absolute atomic E-state index is 0.0230. The molecule has 1 saturated heterocycles. The van der Waals surface area contributed by atoms with E-state index in [0.29, 0.717) is 6.61 Å². The molecule has 1 heterocycles. The summed E-state index contributed by atoms with van der Waals surface area (Å²) in [7, 11) is 0. The van der Waals surface area contributed by atoms with Crippen molar-refractivity contribution in [2.75, 3.05) is 13.2 Å². The van der Waals surface area contributed by atoms with Crippen LogP contribution in [0.4, 0.5) is 4.79 Å². The minimum Gasteiger partial charge on any atom is -0.481 e. The Balaban J connectivity index is 2.15. The molecule has 1 rings (SSSR count). The average molecular weight is 216 g/mol. The third kappa shape index (κ3) is 4.16. The van der Waals surface area contributed by atoms with E-state index in [2.05, 4.69) is 10.6 Å². The molecule has 1 fully saturated rings. The molecule has 15 heavy (non-hydrogen) atoms. The first kappa shape index (κ1) is 11.8. The molecular formula is C9H16N2O4. The van der Waals surface area contributed by atoms with E-state index in [1.165, 1.54) is 0 Å². The van der Waals surface area contributed by atoms with Gasteiger partial charge in [-0.3, -0.25) is 4.79 Å². The second-order valence-electron chi connectivity index (χ2n) is 3.52. The van der Waals surface area contributed by atoms with Crippen molar-refractivity contribution >= 4 is 12.0 Å². The number of hydrogen-bond acceptors (Lipinski definition) is 3. The topological polar surface area (TPSA) is 87.7 Å². The largest absolute Gasteiger partial charge is 0.481 e. The lowest BCUT2D eigenvalue weighted by Gasteiger charge is -2.16. The van der Waals surface area contributed by atoms with E-state index in [1.807, 2.05) is 6.92 Å². The van der Waals surface area contributed by atoms with Gasteiger partial charge in [-0.15, -0.1) is 0 Å². The summed E-state index contributed by atoms with van der Waals surface area (Å²) >= 11 is 0. The summed E-state index contributed by atoms with van der Waals surface area (Å²) in [5.74, 6) is -0.923. The lowest BCUT2D eigenvalue weighted by molar-refractivity contribution is -0.136. The van der Waals surface area contributed by atoms with Gasteiger partial charge in [-0.25, -0.2) is 4.79 Å². The summed E-state index contributed by atoms with van der Waals surface area (Å²) in [6.07, 6.45) is 0.757. The summed E-state index contributed by atoms with van der Waals surface area (Å²) in [5.41, 5.74) is 0. The van der Waals surface area contributed by atoms with E-state index >= 15 is 0 Å². The highest BCUT2D eigenvalue weighted by Crippen LogP contribution is 2.11. The van der Waals surface area contributed by atoms with Gasteiger partial charge in [0, 0.05) is 13.2 Å². The summed E-state index contributed by atoms with van der Waals surface area (Å²) in [6, 6.07) is -0.312. The maximum absolute atomic E-state index is 11.3. The Hall–Kier alpha value is -1.30. The normalized spacial score (nSPS) is 24.9. The first-order valence-electron chi connectivity index (χ1n) is 4.97. The average Bonchev–Trinajstić information content (AvgIpc) is 2.51. The Morgan fingerprint density at radius 1 is 1.53 bits per heavy atom. The third-order valence-corrected chi connectivity index (χ3v) is 2.32. The maximum atomic E-state index is 11.3. The molecule has 2 amide bonds. The molecule has 0 aromatic rings. The highest BCUT2D eigenvalue weighted by molar-refractivity contribution is 5.75. The minimum atomic E-state index is -0.923. The van der Waals surface area contributed by atoms with Crippen LogP contribution in [-0.2, 0) is 9.53 Å². The van der Waals surface area contributed by atoms with Gasteiger partial charge in [-0.05, 0) is 13.3 Å². The fraction of sp³-hybridized carbons (Fsp3) is 0.778. The quantitative estimate of drug-likeness (QED) is 0.614.